The molecular formula is C34H42FN5O5. The van der Waals surface area contributed by atoms with Gasteiger partial charge in [0.2, 0.25) is 5.91 Å². The summed E-state index contributed by atoms with van der Waals surface area (Å²) in [6, 6.07) is 7.58. The molecule has 2 amide bonds. The van der Waals surface area contributed by atoms with E-state index in [1.807, 2.05) is 13.8 Å². The van der Waals surface area contributed by atoms with E-state index in [2.05, 4.69) is 20.5 Å². The van der Waals surface area contributed by atoms with Crippen molar-refractivity contribution in [2.45, 2.75) is 91.8 Å². The van der Waals surface area contributed by atoms with Crippen molar-refractivity contribution in [1.29, 1.82) is 0 Å². The largest absolute Gasteiger partial charge is 0.466 e. The van der Waals surface area contributed by atoms with Crippen LogP contribution in [0.2, 0.25) is 0 Å². The van der Waals surface area contributed by atoms with E-state index in [4.69, 9.17) is 4.74 Å². The van der Waals surface area contributed by atoms with E-state index in [0.29, 0.717) is 53.8 Å². The van der Waals surface area contributed by atoms with Crippen LogP contribution in [-0.4, -0.2) is 56.6 Å². The highest BCUT2D eigenvalue weighted by Gasteiger charge is 2.53. The molecule has 2 aromatic heterocycles. The summed E-state index contributed by atoms with van der Waals surface area (Å²) in [6.07, 6.45) is 3.66. The van der Waals surface area contributed by atoms with Crippen molar-refractivity contribution in [2.75, 3.05) is 6.61 Å². The molecule has 11 heteroatoms. The minimum Gasteiger partial charge on any atom is -0.466 e. The molecule has 10 nitrogen and oxygen atoms in total. The molecule has 45 heavy (non-hydrogen) atoms. The molecule has 1 fully saturated rings. The lowest BCUT2D eigenvalue weighted by Crippen LogP contribution is -2.56. The SMILES string of the molecule is CCOC(=O)C(CC)(CC)[C@H]1CC[C@@H](c2cccc(F)c2)N1C(=O)[C@@H](C)NC(=O)c1cnc(Cc2cc(C)n[nH]c2=O)c(C)c1. The maximum Gasteiger partial charge on any atom is 0.314 e. The molecule has 3 heterocycles. The average Bonchev–Trinajstić information content (AvgIpc) is 3.46. The molecule has 0 radical (unpaired) electrons. The Bertz CT molecular complexity index is 1620. The van der Waals surface area contributed by atoms with Gasteiger partial charge in [-0.25, -0.2) is 9.49 Å². The third-order valence-corrected chi connectivity index (χ3v) is 8.99. The number of carbonyl (C=O) groups is 3. The van der Waals surface area contributed by atoms with Gasteiger partial charge in [-0.05, 0) is 88.8 Å². The van der Waals surface area contributed by atoms with Gasteiger partial charge in [0, 0.05) is 29.9 Å². The molecule has 3 atom stereocenters. The van der Waals surface area contributed by atoms with Gasteiger partial charge in [-0.1, -0.05) is 26.0 Å². The van der Waals surface area contributed by atoms with Gasteiger partial charge in [0.05, 0.1) is 29.3 Å². The number of hydrogen-bond acceptors (Lipinski definition) is 7. The van der Waals surface area contributed by atoms with Crippen LogP contribution in [0.4, 0.5) is 4.39 Å². The van der Waals surface area contributed by atoms with Gasteiger partial charge in [-0.2, -0.15) is 5.10 Å². The maximum absolute atomic E-state index is 14.3. The summed E-state index contributed by atoms with van der Waals surface area (Å²) in [5, 5.41) is 9.17. The molecule has 0 unspecified atom stereocenters. The topological polar surface area (TPSA) is 134 Å². The molecule has 0 spiro atoms. The fourth-order valence-electron chi connectivity index (χ4n) is 6.47. The molecule has 0 saturated carbocycles. The first-order chi connectivity index (χ1) is 21.4. The van der Waals surface area contributed by atoms with E-state index in [0.717, 1.165) is 0 Å². The second-order valence-electron chi connectivity index (χ2n) is 11.7. The van der Waals surface area contributed by atoms with E-state index in [1.165, 1.54) is 18.3 Å². The van der Waals surface area contributed by atoms with Gasteiger partial charge in [-0.15, -0.1) is 0 Å². The van der Waals surface area contributed by atoms with Crippen LogP contribution in [0.5, 0.6) is 0 Å². The maximum atomic E-state index is 14.3. The Labute approximate surface area is 262 Å². The van der Waals surface area contributed by atoms with E-state index < -0.39 is 35.3 Å². The highest BCUT2D eigenvalue weighted by Crippen LogP contribution is 2.47. The highest BCUT2D eigenvalue weighted by molar-refractivity contribution is 5.97. The van der Waals surface area contributed by atoms with Crippen molar-refractivity contribution in [1.82, 2.24) is 25.4 Å². The lowest BCUT2D eigenvalue weighted by molar-refractivity contribution is -0.163. The van der Waals surface area contributed by atoms with E-state index in [-0.39, 0.29) is 36.0 Å². The number of likely N-dealkylation sites (tertiary alicyclic amines) is 1. The number of carbonyl (C=O) groups excluding carboxylic acids is 3. The minimum absolute atomic E-state index is 0.214. The number of benzene rings is 1. The van der Waals surface area contributed by atoms with Crippen LogP contribution in [0.1, 0.15) is 97.9 Å². The summed E-state index contributed by atoms with van der Waals surface area (Å²) >= 11 is 0. The van der Waals surface area contributed by atoms with Crippen LogP contribution in [0.15, 0.2) is 47.4 Å². The Morgan fingerprint density at radius 3 is 2.51 bits per heavy atom. The highest BCUT2D eigenvalue weighted by atomic mass is 19.1. The first kappa shape index (κ1) is 33.5. The van der Waals surface area contributed by atoms with Gasteiger partial charge >= 0.3 is 5.97 Å². The Balaban J connectivity index is 1.60. The molecule has 0 aliphatic carbocycles. The molecule has 1 aliphatic heterocycles. The summed E-state index contributed by atoms with van der Waals surface area (Å²) in [5.74, 6) is -1.64. The fraction of sp³-hybridized carbons (Fsp3) is 0.471. The van der Waals surface area contributed by atoms with Crippen molar-refractivity contribution in [3.05, 3.63) is 92.4 Å². The molecule has 0 bridgehead atoms. The van der Waals surface area contributed by atoms with Crippen LogP contribution < -0.4 is 10.9 Å². The number of nitrogens with zero attached hydrogens (tertiary/aromatic N) is 3. The summed E-state index contributed by atoms with van der Waals surface area (Å²) in [6.45, 7) is 11.0. The number of rotatable bonds is 11. The Kier molecular flexibility index (Phi) is 10.5. The number of halogens is 1. The van der Waals surface area contributed by atoms with Crippen molar-refractivity contribution >= 4 is 17.8 Å². The smallest absolute Gasteiger partial charge is 0.314 e. The van der Waals surface area contributed by atoms with Gasteiger partial charge < -0.3 is 15.0 Å². The van der Waals surface area contributed by atoms with Crippen molar-refractivity contribution < 1.29 is 23.5 Å². The lowest BCUT2D eigenvalue weighted by atomic mass is 9.74. The van der Waals surface area contributed by atoms with Gasteiger partial charge in [0.1, 0.15) is 11.9 Å². The quantitative estimate of drug-likeness (QED) is 0.296. The van der Waals surface area contributed by atoms with Crippen LogP contribution in [0.3, 0.4) is 0 Å². The number of amides is 2. The van der Waals surface area contributed by atoms with E-state index in [9.17, 15) is 23.6 Å². The molecule has 1 aromatic carbocycles. The first-order valence-corrected chi connectivity index (χ1v) is 15.5. The number of pyridine rings is 1. The summed E-state index contributed by atoms with van der Waals surface area (Å²) in [7, 11) is 0. The monoisotopic (exact) mass is 619 g/mol. The number of nitrogens with one attached hydrogen (secondary N) is 2. The second kappa shape index (κ2) is 14.1. The molecule has 2 N–H and O–H groups in total. The van der Waals surface area contributed by atoms with Crippen LogP contribution >= 0.6 is 0 Å². The number of aromatic amines is 1. The van der Waals surface area contributed by atoms with Crippen molar-refractivity contribution in [3.63, 3.8) is 0 Å². The van der Waals surface area contributed by atoms with Gasteiger partial charge in [-0.3, -0.25) is 24.2 Å². The number of ether oxygens (including phenoxy) is 1. The molecule has 3 aromatic rings. The van der Waals surface area contributed by atoms with Crippen LogP contribution in [0, 0.1) is 25.1 Å². The summed E-state index contributed by atoms with van der Waals surface area (Å²) < 4.78 is 19.8. The zero-order valence-corrected chi connectivity index (χ0v) is 26.8. The molecule has 240 valence electrons. The van der Waals surface area contributed by atoms with Crippen LogP contribution in [-0.2, 0) is 20.7 Å². The van der Waals surface area contributed by atoms with E-state index in [1.54, 1.807) is 56.9 Å². The molecule has 1 aliphatic rings. The number of hydrogen-bond donors (Lipinski definition) is 2. The molecular weight excluding hydrogens is 577 g/mol. The number of esters is 1. The lowest BCUT2D eigenvalue weighted by Gasteiger charge is -2.42. The minimum atomic E-state index is -0.957. The normalized spacial score (nSPS) is 17.2. The van der Waals surface area contributed by atoms with E-state index >= 15 is 0 Å². The standard InChI is InChI=1S/C34H42FN5O5/c1-7-34(8-2,33(44)45-9-3)29-14-13-28(23-11-10-12-26(35)17-23)40(29)32(43)22(6)37-30(41)25-15-20(4)27(36-19-25)18-24-16-21(5)38-39-31(24)42/h10-12,15-17,19,22,28-29H,7-9,13-14,18H2,1-6H3,(H,37,41)(H,39,42)/t22-,28+,29-/m1/s1. The third kappa shape index (κ3) is 6.97. The second-order valence-corrected chi connectivity index (χ2v) is 11.7. The van der Waals surface area contributed by atoms with Crippen molar-refractivity contribution in [3.8, 4) is 0 Å². The Morgan fingerprint density at radius 2 is 1.87 bits per heavy atom. The Morgan fingerprint density at radius 1 is 1.13 bits per heavy atom. The predicted octanol–water partition coefficient (Wildman–Crippen LogP) is 4.73. The molecule has 4 rings (SSSR count). The summed E-state index contributed by atoms with van der Waals surface area (Å²) in [5.41, 5.74) is 2.18. The number of H-pyrrole nitrogens is 1. The third-order valence-electron chi connectivity index (χ3n) is 8.99. The zero-order chi connectivity index (χ0) is 32.9. The first-order valence-electron chi connectivity index (χ1n) is 15.5. The van der Waals surface area contributed by atoms with Crippen molar-refractivity contribution in [2.24, 2.45) is 5.41 Å². The summed E-state index contributed by atoms with van der Waals surface area (Å²) in [4.78, 5) is 59.3. The average molecular weight is 620 g/mol. The van der Waals surface area contributed by atoms with Gasteiger partial charge in [0.15, 0.2) is 0 Å². The van der Waals surface area contributed by atoms with Gasteiger partial charge in [0.25, 0.3) is 11.5 Å². The predicted molar refractivity (Wildman–Crippen MR) is 167 cm³/mol. The number of aryl methyl sites for hydroxylation is 2. The molecule has 1 saturated heterocycles. The Hall–Kier alpha value is -4.41. The fourth-order valence-corrected chi connectivity index (χ4v) is 6.47. The van der Waals surface area contributed by atoms with Crippen LogP contribution in [0.25, 0.3) is 0 Å². The number of aromatic nitrogens is 3. The zero-order valence-electron chi connectivity index (χ0n) is 26.8.